The lowest BCUT2D eigenvalue weighted by Crippen LogP contribution is -2.51. The van der Waals surface area contributed by atoms with Gasteiger partial charge in [0, 0.05) is 13.6 Å². The van der Waals surface area contributed by atoms with Crippen LogP contribution < -0.4 is 9.80 Å². The van der Waals surface area contributed by atoms with Crippen molar-refractivity contribution >= 4 is 21.5 Å². The molecule has 0 fully saturated rings. The Bertz CT molecular complexity index is 932. The van der Waals surface area contributed by atoms with Crippen LogP contribution in [0.4, 0.5) is 37.7 Å². The molecular weight excluding hydrogens is 426 g/mol. The molecule has 12 heteroatoms. The summed E-state index contributed by atoms with van der Waals surface area (Å²) in [4.78, 5) is 2.70. The summed E-state index contributed by atoms with van der Waals surface area (Å²) < 4.78 is 97.9. The van der Waals surface area contributed by atoms with Gasteiger partial charge in [0.1, 0.15) is 0 Å². The van der Waals surface area contributed by atoms with Crippen molar-refractivity contribution in [3.05, 3.63) is 60.2 Å². The first-order chi connectivity index (χ1) is 13.2. The fraction of sp³-hybridized carbons (Fsp3) is 0.294. The molecule has 0 radical (unpaired) electrons. The Morgan fingerprint density at radius 3 is 1.79 bits per heavy atom. The van der Waals surface area contributed by atoms with Gasteiger partial charge in [-0.1, -0.05) is 42.5 Å². The Morgan fingerprint density at radius 1 is 0.897 bits per heavy atom. The lowest BCUT2D eigenvalue weighted by Gasteiger charge is -2.32. The van der Waals surface area contributed by atoms with Crippen molar-refractivity contribution in [2.75, 3.05) is 16.8 Å². The van der Waals surface area contributed by atoms with E-state index in [9.17, 15) is 26.3 Å². The number of nitrogens with zero attached hydrogens (tertiary/aromatic N) is 2. The number of hydrogen-bond acceptors (Lipinski definition) is 4. The zero-order valence-corrected chi connectivity index (χ0v) is 15.6. The number of alkyl halides is 6. The minimum atomic E-state index is -5.84. The minimum Gasteiger partial charge on any atom is -0.345 e. The van der Waals surface area contributed by atoms with Crippen molar-refractivity contribution in [2.45, 2.75) is 24.4 Å². The van der Waals surface area contributed by atoms with E-state index in [0.717, 1.165) is 5.56 Å². The molecule has 0 amide bonds. The van der Waals surface area contributed by atoms with Crippen LogP contribution in [0, 0.1) is 0 Å². The summed E-state index contributed by atoms with van der Waals surface area (Å²) in [5.74, 6) is 0. The molecule has 1 heterocycles. The van der Waals surface area contributed by atoms with Gasteiger partial charge in [-0.2, -0.15) is 34.8 Å². The molecule has 0 spiro atoms. The smallest absolute Gasteiger partial charge is 0.345 e. The first-order valence-corrected chi connectivity index (χ1v) is 9.40. The fourth-order valence-electron chi connectivity index (χ4n) is 2.83. The Balaban J connectivity index is 0.000000321. The van der Waals surface area contributed by atoms with Gasteiger partial charge in [0.05, 0.1) is 11.4 Å². The maximum atomic E-state index is 13.4. The van der Waals surface area contributed by atoms with Crippen LogP contribution in [0.25, 0.3) is 0 Å². The van der Waals surface area contributed by atoms with E-state index in [4.69, 9.17) is 13.0 Å². The van der Waals surface area contributed by atoms with Gasteiger partial charge < -0.3 is 9.80 Å². The molecule has 0 saturated heterocycles. The maximum Gasteiger partial charge on any atom is 0.522 e. The molecule has 0 bridgehead atoms. The average molecular weight is 442 g/mol. The van der Waals surface area contributed by atoms with Gasteiger partial charge in [0.15, 0.2) is 0 Å². The Kier molecular flexibility index (Phi) is 6.38. The van der Waals surface area contributed by atoms with Gasteiger partial charge >= 0.3 is 21.8 Å². The SMILES string of the molecule is CN1c2ccccc2N(Cc2ccccc2)C1C(F)(F)F.O=S(=O)(O)C(F)(F)F. The number of rotatable bonds is 2. The summed E-state index contributed by atoms with van der Waals surface area (Å²) in [6, 6.07) is 16.2. The first-order valence-electron chi connectivity index (χ1n) is 7.96. The standard InChI is InChI=1S/C16H15F3N2.CHF3O3S/c1-20-13-9-5-6-10-14(13)21(15(20)16(17,18)19)11-12-7-3-2-4-8-12;2-1(3,4)8(5,6)7/h2-10,15H,11H2,1H3;(H,5,6,7). The number of halogens is 6. The molecule has 160 valence electrons. The van der Waals surface area contributed by atoms with Crippen LogP contribution in [0.5, 0.6) is 0 Å². The molecule has 0 aromatic heterocycles. The van der Waals surface area contributed by atoms with Gasteiger partial charge in [0.25, 0.3) is 0 Å². The van der Waals surface area contributed by atoms with E-state index in [1.54, 1.807) is 24.3 Å². The van der Waals surface area contributed by atoms with Crippen molar-refractivity contribution in [3.63, 3.8) is 0 Å². The van der Waals surface area contributed by atoms with Crippen molar-refractivity contribution in [1.29, 1.82) is 0 Å². The molecule has 0 saturated carbocycles. The highest BCUT2D eigenvalue weighted by Gasteiger charge is 2.51. The predicted molar refractivity (Wildman–Crippen MR) is 94.9 cm³/mol. The Hall–Kier alpha value is -2.47. The second kappa shape index (κ2) is 8.11. The number of fused-ring (bicyclic) bond motifs is 1. The topological polar surface area (TPSA) is 60.9 Å². The molecular formula is C17H16F6N2O3S. The van der Waals surface area contributed by atoms with Gasteiger partial charge in [0.2, 0.25) is 6.17 Å². The number of para-hydroxylation sites is 2. The van der Waals surface area contributed by atoms with Gasteiger partial charge in [-0.05, 0) is 17.7 Å². The molecule has 1 aliphatic rings. The molecule has 29 heavy (non-hydrogen) atoms. The fourth-order valence-corrected chi connectivity index (χ4v) is 2.83. The summed E-state index contributed by atoms with van der Waals surface area (Å²) in [7, 11) is -4.35. The van der Waals surface area contributed by atoms with Gasteiger partial charge in [-0.3, -0.25) is 4.55 Å². The average Bonchev–Trinajstić information content (AvgIpc) is 2.87. The molecule has 1 unspecified atom stereocenters. The normalized spacial score (nSPS) is 16.9. The van der Waals surface area contributed by atoms with E-state index in [1.807, 2.05) is 30.3 Å². The van der Waals surface area contributed by atoms with E-state index in [-0.39, 0.29) is 6.54 Å². The highest BCUT2D eigenvalue weighted by atomic mass is 32.2. The molecule has 3 rings (SSSR count). The number of benzene rings is 2. The number of hydrogen-bond donors (Lipinski definition) is 1. The van der Waals surface area contributed by atoms with E-state index >= 15 is 0 Å². The summed E-state index contributed by atoms with van der Waals surface area (Å²) in [5, 5.41) is 0. The van der Waals surface area contributed by atoms with Crippen LogP contribution >= 0.6 is 0 Å². The molecule has 1 atom stereocenters. The van der Waals surface area contributed by atoms with Crippen LogP contribution in [0.3, 0.4) is 0 Å². The summed E-state index contributed by atoms with van der Waals surface area (Å²) >= 11 is 0. The van der Waals surface area contributed by atoms with Crippen molar-refractivity contribution in [2.24, 2.45) is 0 Å². The zero-order chi connectivity index (χ0) is 22.0. The maximum absolute atomic E-state index is 13.4. The van der Waals surface area contributed by atoms with E-state index in [2.05, 4.69) is 0 Å². The molecule has 0 aliphatic carbocycles. The minimum absolute atomic E-state index is 0.229. The molecule has 1 aliphatic heterocycles. The summed E-state index contributed by atoms with van der Waals surface area (Å²) in [5.41, 5.74) is -3.45. The quantitative estimate of drug-likeness (QED) is 0.424. The van der Waals surface area contributed by atoms with Gasteiger partial charge in [-0.15, -0.1) is 0 Å². The molecule has 2 aromatic carbocycles. The van der Waals surface area contributed by atoms with Crippen LogP contribution in [0.1, 0.15) is 5.56 Å². The van der Waals surface area contributed by atoms with E-state index in [0.29, 0.717) is 11.4 Å². The largest absolute Gasteiger partial charge is 0.522 e. The predicted octanol–water partition coefficient (Wildman–Crippen LogP) is 4.43. The number of anilines is 2. The lowest BCUT2D eigenvalue weighted by atomic mass is 10.2. The highest BCUT2D eigenvalue weighted by molar-refractivity contribution is 7.86. The van der Waals surface area contributed by atoms with Crippen molar-refractivity contribution in [1.82, 2.24) is 0 Å². The third kappa shape index (κ3) is 5.32. The second-order valence-electron chi connectivity index (χ2n) is 6.05. The molecule has 5 nitrogen and oxygen atoms in total. The monoisotopic (exact) mass is 442 g/mol. The second-order valence-corrected chi connectivity index (χ2v) is 7.46. The molecule has 2 aromatic rings. The van der Waals surface area contributed by atoms with Crippen molar-refractivity contribution < 1.29 is 39.3 Å². The third-order valence-corrected chi connectivity index (χ3v) is 4.60. The first kappa shape index (κ1) is 22.8. The highest BCUT2D eigenvalue weighted by Crippen LogP contribution is 2.44. The Labute approximate surface area is 162 Å². The molecule has 1 N–H and O–H groups in total. The van der Waals surface area contributed by atoms with Crippen LogP contribution in [0.2, 0.25) is 0 Å². The van der Waals surface area contributed by atoms with E-state index < -0.39 is 28.0 Å². The lowest BCUT2D eigenvalue weighted by molar-refractivity contribution is -0.146. The van der Waals surface area contributed by atoms with Gasteiger partial charge in [-0.25, -0.2) is 0 Å². The summed E-state index contributed by atoms with van der Waals surface area (Å²) in [6.07, 6.45) is -5.95. The Morgan fingerprint density at radius 2 is 1.34 bits per heavy atom. The van der Waals surface area contributed by atoms with Crippen LogP contribution in [-0.2, 0) is 16.7 Å². The third-order valence-electron chi connectivity index (χ3n) is 4.01. The van der Waals surface area contributed by atoms with Crippen LogP contribution in [-0.4, -0.2) is 37.9 Å². The zero-order valence-electron chi connectivity index (χ0n) is 14.8. The van der Waals surface area contributed by atoms with E-state index in [1.165, 1.54) is 16.8 Å². The van der Waals surface area contributed by atoms with Crippen LogP contribution in [0.15, 0.2) is 54.6 Å². The van der Waals surface area contributed by atoms with Crippen molar-refractivity contribution in [3.8, 4) is 0 Å². The summed E-state index contributed by atoms with van der Waals surface area (Å²) in [6.45, 7) is 0.229.